The van der Waals surface area contributed by atoms with Gasteiger partial charge in [0.25, 0.3) is 5.91 Å². The Morgan fingerprint density at radius 3 is 2.74 bits per heavy atom. The normalized spacial score (nSPS) is 14.9. The first-order chi connectivity index (χ1) is 9.17. The average Bonchev–Trinajstić information content (AvgIpc) is 2.35. The number of anilines is 1. The van der Waals surface area contributed by atoms with Gasteiger partial charge in [0.05, 0.1) is 12.2 Å². The van der Waals surface area contributed by atoms with Crippen LogP contribution in [0, 0.1) is 6.92 Å². The topological polar surface area (TPSA) is 52.6 Å². The van der Waals surface area contributed by atoms with Crippen LogP contribution in [0.2, 0.25) is 0 Å². The van der Waals surface area contributed by atoms with Gasteiger partial charge >= 0.3 is 0 Å². The van der Waals surface area contributed by atoms with Gasteiger partial charge in [0.15, 0.2) is 0 Å². The maximum Gasteiger partial charge on any atom is 0.256 e. The number of aliphatic hydroxyl groups excluding tert-OH is 1. The first kappa shape index (κ1) is 13.9. The number of nitrogens with zero attached hydrogens (tertiary/aromatic N) is 1. The van der Waals surface area contributed by atoms with Gasteiger partial charge < -0.3 is 15.3 Å². The zero-order valence-electron chi connectivity index (χ0n) is 11.6. The van der Waals surface area contributed by atoms with E-state index in [0.29, 0.717) is 18.2 Å². The first-order valence-corrected chi connectivity index (χ1v) is 6.87. The second-order valence-electron chi connectivity index (χ2n) is 5.11. The van der Waals surface area contributed by atoms with E-state index in [4.69, 9.17) is 0 Å². The molecule has 104 valence electrons. The number of amides is 1. The number of rotatable bonds is 5. The van der Waals surface area contributed by atoms with Crippen LogP contribution in [-0.4, -0.2) is 42.2 Å². The Balaban J connectivity index is 2.27. The lowest BCUT2D eigenvalue weighted by atomic mass is 9.90. The minimum Gasteiger partial charge on any atom is -0.395 e. The Hall–Kier alpha value is -1.55. The van der Waals surface area contributed by atoms with Crippen LogP contribution >= 0.6 is 0 Å². The molecule has 1 amide bonds. The van der Waals surface area contributed by atoms with Crippen LogP contribution in [0.25, 0.3) is 0 Å². The van der Waals surface area contributed by atoms with Crippen LogP contribution in [-0.2, 0) is 0 Å². The molecule has 1 fully saturated rings. The van der Waals surface area contributed by atoms with Crippen LogP contribution in [0.15, 0.2) is 18.2 Å². The van der Waals surface area contributed by atoms with Gasteiger partial charge in [-0.3, -0.25) is 4.79 Å². The third-order valence-electron chi connectivity index (χ3n) is 3.79. The Labute approximate surface area is 114 Å². The molecule has 2 N–H and O–H groups in total. The number of nitrogens with one attached hydrogen (secondary N) is 1. The molecule has 4 nitrogen and oxygen atoms in total. The van der Waals surface area contributed by atoms with E-state index >= 15 is 0 Å². The molecule has 0 radical (unpaired) electrons. The molecule has 1 saturated carbocycles. The second kappa shape index (κ2) is 6.06. The molecule has 1 aliphatic rings. The highest BCUT2D eigenvalue weighted by atomic mass is 16.3. The molecule has 2 rings (SSSR count). The summed E-state index contributed by atoms with van der Waals surface area (Å²) in [5.74, 6) is 0.0202. The number of hydrogen-bond donors (Lipinski definition) is 2. The molecule has 4 heteroatoms. The molecular formula is C15H22N2O2. The second-order valence-corrected chi connectivity index (χ2v) is 5.11. The predicted molar refractivity (Wildman–Crippen MR) is 76.5 cm³/mol. The van der Waals surface area contributed by atoms with Crippen LogP contribution < -0.4 is 5.32 Å². The van der Waals surface area contributed by atoms with Crippen LogP contribution in [0.3, 0.4) is 0 Å². The highest BCUT2D eigenvalue weighted by Gasteiger charge is 2.29. The van der Waals surface area contributed by atoms with E-state index < -0.39 is 0 Å². The maximum atomic E-state index is 12.7. The highest BCUT2D eigenvalue weighted by Crippen LogP contribution is 2.28. The Morgan fingerprint density at radius 2 is 2.21 bits per heavy atom. The van der Waals surface area contributed by atoms with Crippen molar-refractivity contribution in [2.24, 2.45) is 0 Å². The lowest BCUT2D eigenvalue weighted by molar-refractivity contribution is 0.0526. The monoisotopic (exact) mass is 262 g/mol. The van der Waals surface area contributed by atoms with Crippen molar-refractivity contribution in [3.8, 4) is 0 Å². The maximum absolute atomic E-state index is 12.7. The van der Waals surface area contributed by atoms with Gasteiger partial charge in [-0.2, -0.15) is 0 Å². The zero-order valence-corrected chi connectivity index (χ0v) is 11.6. The molecule has 0 atom stereocenters. The Kier molecular flexibility index (Phi) is 4.43. The lowest BCUT2D eigenvalue weighted by Crippen LogP contribution is -2.45. The molecule has 0 bridgehead atoms. The smallest absolute Gasteiger partial charge is 0.256 e. The van der Waals surface area contributed by atoms with E-state index in [1.807, 2.05) is 37.1 Å². The van der Waals surface area contributed by atoms with E-state index in [1.54, 1.807) is 0 Å². The van der Waals surface area contributed by atoms with Crippen LogP contribution in [0.4, 0.5) is 5.69 Å². The number of aryl methyl sites for hydroxylation is 1. The fourth-order valence-electron chi connectivity index (χ4n) is 2.46. The van der Waals surface area contributed by atoms with Crippen LogP contribution in [0.5, 0.6) is 0 Å². The van der Waals surface area contributed by atoms with Gasteiger partial charge in [-0.1, -0.05) is 11.6 Å². The summed E-state index contributed by atoms with van der Waals surface area (Å²) in [6, 6.07) is 6.13. The van der Waals surface area contributed by atoms with Crippen molar-refractivity contribution in [2.45, 2.75) is 32.2 Å². The van der Waals surface area contributed by atoms with E-state index in [9.17, 15) is 9.90 Å². The SMILES string of the molecule is CNc1ccc(C)cc1C(=O)N(CCO)C1CCC1. The predicted octanol–water partition coefficient (Wildman–Crippen LogP) is 2.02. The van der Waals surface area contributed by atoms with E-state index in [0.717, 1.165) is 24.1 Å². The zero-order chi connectivity index (χ0) is 13.8. The van der Waals surface area contributed by atoms with Gasteiger partial charge in [0.2, 0.25) is 0 Å². The molecule has 0 aliphatic heterocycles. The standard InChI is InChI=1S/C15H22N2O2/c1-11-6-7-14(16-2)13(10-11)15(19)17(8-9-18)12-4-3-5-12/h6-7,10,12,16,18H,3-5,8-9H2,1-2H3. The fourth-order valence-corrected chi connectivity index (χ4v) is 2.46. The Bertz CT molecular complexity index is 455. The number of aliphatic hydroxyl groups is 1. The van der Waals surface area contributed by atoms with E-state index in [1.165, 1.54) is 6.42 Å². The molecule has 1 aromatic carbocycles. The van der Waals surface area contributed by atoms with Crippen molar-refractivity contribution in [1.82, 2.24) is 4.90 Å². The molecule has 0 aromatic heterocycles. The third-order valence-corrected chi connectivity index (χ3v) is 3.79. The third kappa shape index (κ3) is 2.89. The molecule has 0 spiro atoms. The van der Waals surface area contributed by atoms with Gasteiger partial charge in [0.1, 0.15) is 0 Å². The van der Waals surface area contributed by atoms with E-state index in [2.05, 4.69) is 5.32 Å². The summed E-state index contributed by atoms with van der Waals surface area (Å²) >= 11 is 0. The summed E-state index contributed by atoms with van der Waals surface area (Å²) in [7, 11) is 1.82. The number of carbonyl (C=O) groups is 1. The molecule has 1 aromatic rings. The molecule has 0 saturated heterocycles. The molecule has 0 unspecified atom stereocenters. The van der Waals surface area contributed by atoms with Gasteiger partial charge in [-0.05, 0) is 38.3 Å². The van der Waals surface area contributed by atoms with Gasteiger partial charge in [-0.15, -0.1) is 0 Å². The lowest BCUT2D eigenvalue weighted by Gasteiger charge is -2.37. The minimum absolute atomic E-state index is 0.0168. The number of hydrogen-bond acceptors (Lipinski definition) is 3. The van der Waals surface area contributed by atoms with Crippen LogP contribution in [0.1, 0.15) is 35.2 Å². The summed E-state index contributed by atoms with van der Waals surface area (Å²) in [4.78, 5) is 14.5. The minimum atomic E-state index is 0.0168. The summed E-state index contributed by atoms with van der Waals surface area (Å²) < 4.78 is 0. The van der Waals surface area contributed by atoms with Crippen molar-refractivity contribution in [3.05, 3.63) is 29.3 Å². The van der Waals surface area contributed by atoms with Crippen molar-refractivity contribution in [2.75, 3.05) is 25.5 Å². The molecule has 1 aliphatic carbocycles. The quantitative estimate of drug-likeness (QED) is 0.853. The largest absolute Gasteiger partial charge is 0.395 e. The average molecular weight is 262 g/mol. The summed E-state index contributed by atoms with van der Waals surface area (Å²) in [5.41, 5.74) is 2.61. The van der Waals surface area contributed by atoms with Crippen molar-refractivity contribution in [3.63, 3.8) is 0 Å². The molecular weight excluding hydrogens is 240 g/mol. The van der Waals surface area contributed by atoms with Crippen molar-refractivity contribution >= 4 is 11.6 Å². The van der Waals surface area contributed by atoms with Gasteiger partial charge in [-0.25, -0.2) is 0 Å². The molecule has 0 heterocycles. The molecule has 19 heavy (non-hydrogen) atoms. The first-order valence-electron chi connectivity index (χ1n) is 6.87. The number of carbonyl (C=O) groups excluding carboxylic acids is 1. The van der Waals surface area contributed by atoms with Crippen molar-refractivity contribution < 1.29 is 9.90 Å². The number of benzene rings is 1. The van der Waals surface area contributed by atoms with Crippen molar-refractivity contribution in [1.29, 1.82) is 0 Å². The summed E-state index contributed by atoms with van der Waals surface area (Å²) in [5, 5.41) is 12.2. The van der Waals surface area contributed by atoms with Gasteiger partial charge in [0, 0.05) is 25.3 Å². The Morgan fingerprint density at radius 1 is 1.47 bits per heavy atom. The summed E-state index contributed by atoms with van der Waals surface area (Å²) in [6.45, 7) is 2.42. The summed E-state index contributed by atoms with van der Waals surface area (Å²) in [6.07, 6.45) is 3.27. The fraction of sp³-hybridized carbons (Fsp3) is 0.533. The highest BCUT2D eigenvalue weighted by molar-refractivity contribution is 6.00. The van der Waals surface area contributed by atoms with E-state index in [-0.39, 0.29) is 12.5 Å².